The minimum Gasteiger partial charge on any atom is -0.434 e. The number of para-hydroxylation sites is 1. The van der Waals surface area contributed by atoms with E-state index >= 15 is 0 Å². The van der Waals surface area contributed by atoms with E-state index in [2.05, 4.69) is 63.9 Å². The van der Waals surface area contributed by atoms with E-state index < -0.39 is 12.5 Å². The van der Waals surface area contributed by atoms with Gasteiger partial charge in [0, 0.05) is 18.4 Å². The Morgan fingerprint density at radius 3 is 2.09 bits per heavy atom. The van der Waals surface area contributed by atoms with Gasteiger partial charge in [0.05, 0.1) is 12.1 Å². The first-order valence-corrected chi connectivity index (χ1v) is 11.3. The van der Waals surface area contributed by atoms with Crippen molar-refractivity contribution in [3.05, 3.63) is 101 Å². The smallest absolute Gasteiger partial charge is 0.387 e. The van der Waals surface area contributed by atoms with Crippen molar-refractivity contribution in [1.82, 2.24) is 10.6 Å². The van der Waals surface area contributed by atoms with Crippen molar-refractivity contribution in [2.45, 2.75) is 24.9 Å². The molecule has 2 amide bonds. The van der Waals surface area contributed by atoms with Crippen LogP contribution in [0.5, 0.6) is 5.75 Å². The van der Waals surface area contributed by atoms with Crippen molar-refractivity contribution in [2.24, 2.45) is 5.92 Å². The van der Waals surface area contributed by atoms with E-state index in [0.29, 0.717) is 12.5 Å². The highest BCUT2D eigenvalue weighted by atomic mass is 19.3. The van der Waals surface area contributed by atoms with Crippen LogP contribution >= 0.6 is 0 Å². The molecule has 3 aromatic rings. The first-order valence-electron chi connectivity index (χ1n) is 11.3. The molecule has 3 aliphatic rings. The maximum Gasteiger partial charge on any atom is 0.387 e. The third-order valence-electron chi connectivity index (χ3n) is 6.74. The minimum absolute atomic E-state index is 0.0478. The number of nitrogens with one attached hydrogen (secondary N) is 2. The topological polar surface area (TPSA) is 67.4 Å². The largest absolute Gasteiger partial charge is 0.434 e. The number of carbonyl (C=O) groups excluding carboxylic acids is 2. The van der Waals surface area contributed by atoms with Gasteiger partial charge in [-0.2, -0.15) is 8.78 Å². The summed E-state index contributed by atoms with van der Waals surface area (Å²) in [5.74, 6) is -0.439. The lowest BCUT2D eigenvalue weighted by Crippen LogP contribution is -2.42. The Morgan fingerprint density at radius 1 is 0.853 bits per heavy atom. The van der Waals surface area contributed by atoms with Gasteiger partial charge in [-0.25, -0.2) is 0 Å². The summed E-state index contributed by atoms with van der Waals surface area (Å²) in [6, 6.07) is 22.7. The van der Waals surface area contributed by atoms with Crippen molar-refractivity contribution in [2.75, 3.05) is 13.1 Å². The second-order valence-electron chi connectivity index (χ2n) is 8.65. The zero-order chi connectivity index (χ0) is 23.7. The highest BCUT2D eigenvalue weighted by Crippen LogP contribution is 2.55. The Hall–Kier alpha value is -3.74. The SMILES string of the molecule is O=C(CNC(=O)c1ccccc1OC(F)F)NCC1CC2c3ccccc3C1c1ccccc12. The summed E-state index contributed by atoms with van der Waals surface area (Å²) in [7, 11) is 0. The van der Waals surface area contributed by atoms with E-state index in [1.54, 1.807) is 6.07 Å². The van der Waals surface area contributed by atoms with Crippen LogP contribution < -0.4 is 15.4 Å². The summed E-state index contributed by atoms with van der Waals surface area (Å²) in [5, 5.41) is 5.44. The summed E-state index contributed by atoms with van der Waals surface area (Å²) in [5.41, 5.74) is 5.33. The molecule has 3 aromatic carbocycles. The number of amides is 2. The van der Waals surface area contributed by atoms with Crippen molar-refractivity contribution in [3.8, 4) is 5.75 Å². The van der Waals surface area contributed by atoms with Gasteiger partial charge in [-0.05, 0) is 46.7 Å². The molecule has 0 saturated heterocycles. The monoisotopic (exact) mass is 462 g/mol. The fraction of sp³-hybridized carbons (Fsp3) is 0.259. The standard InChI is InChI=1S/C27H24F2N2O3/c28-27(29)34-23-12-6-5-11-21(23)26(33)31-15-24(32)30-14-16-13-22-17-7-1-3-9-19(17)25(16)20-10-4-2-8-18(20)22/h1-12,16,22,25,27H,13-15H2,(H,30,32)(H,31,33). The molecule has 0 aliphatic heterocycles. The van der Waals surface area contributed by atoms with Crippen LogP contribution in [0.25, 0.3) is 0 Å². The fourth-order valence-corrected chi connectivity index (χ4v) is 5.38. The predicted molar refractivity (Wildman–Crippen MR) is 123 cm³/mol. The number of rotatable bonds is 7. The number of fused-ring (bicyclic) bond motifs is 1. The molecule has 174 valence electrons. The second-order valence-corrected chi connectivity index (χ2v) is 8.65. The Labute approximate surface area is 196 Å². The second kappa shape index (κ2) is 9.25. The first kappa shape index (κ1) is 22.1. The van der Waals surface area contributed by atoms with Crippen molar-refractivity contribution in [1.29, 1.82) is 0 Å². The maximum atomic E-state index is 12.6. The summed E-state index contributed by atoms with van der Waals surface area (Å²) >= 11 is 0. The maximum absolute atomic E-state index is 12.6. The van der Waals surface area contributed by atoms with E-state index in [0.717, 1.165) is 6.42 Å². The zero-order valence-electron chi connectivity index (χ0n) is 18.3. The molecule has 0 heterocycles. The molecular weight excluding hydrogens is 438 g/mol. The van der Waals surface area contributed by atoms with Crippen LogP contribution in [0.3, 0.4) is 0 Å². The fourth-order valence-electron chi connectivity index (χ4n) is 5.38. The molecular formula is C27H24F2N2O3. The van der Waals surface area contributed by atoms with Gasteiger partial charge in [0.1, 0.15) is 5.75 Å². The normalized spacial score (nSPS) is 19.8. The van der Waals surface area contributed by atoms with Gasteiger partial charge in [-0.1, -0.05) is 60.7 Å². The van der Waals surface area contributed by atoms with E-state index in [4.69, 9.17) is 0 Å². The van der Waals surface area contributed by atoms with Gasteiger partial charge < -0.3 is 15.4 Å². The Kier molecular flexibility index (Phi) is 6.01. The molecule has 1 unspecified atom stereocenters. The minimum atomic E-state index is -3.04. The van der Waals surface area contributed by atoms with Crippen LogP contribution in [0.4, 0.5) is 8.78 Å². The van der Waals surface area contributed by atoms with Gasteiger partial charge in [0.2, 0.25) is 5.91 Å². The summed E-state index contributed by atoms with van der Waals surface area (Å²) in [4.78, 5) is 24.9. The Balaban J connectivity index is 1.22. The van der Waals surface area contributed by atoms with Gasteiger partial charge >= 0.3 is 6.61 Å². The number of hydrogen-bond acceptors (Lipinski definition) is 3. The molecule has 0 spiro atoms. The Bertz CT molecular complexity index is 1180. The van der Waals surface area contributed by atoms with E-state index in [1.807, 2.05) is 0 Å². The number of hydrogen-bond donors (Lipinski definition) is 2. The number of halogens is 2. The number of carbonyl (C=O) groups is 2. The Morgan fingerprint density at radius 2 is 1.44 bits per heavy atom. The third kappa shape index (κ3) is 4.14. The molecule has 2 N–H and O–H groups in total. The lowest BCUT2D eigenvalue weighted by Gasteiger charge is -2.45. The summed E-state index contributed by atoms with van der Waals surface area (Å²) < 4.78 is 29.6. The van der Waals surface area contributed by atoms with Crippen molar-refractivity contribution >= 4 is 11.8 Å². The molecule has 0 radical (unpaired) electrons. The molecule has 2 bridgehead atoms. The molecule has 0 fully saturated rings. The molecule has 6 rings (SSSR count). The van der Waals surface area contributed by atoms with E-state index in [1.165, 1.54) is 40.5 Å². The third-order valence-corrected chi connectivity index (χ3v) is 6.74. The van der Waals surface area contributed by atoms with Crippen molar-refractivity contribution in [3.63, 3.8) is 0 Å². The lowest BCUT2D eigenvalue weighted by molar-refractivity contribution is -0.120. The summed E-state index contributed by atoms with van der Waals surface area (Å²) in [6.45, 7) is -2.81. The number of benzene rings is 3. The molecule has 7 heteroatoms. The molecule has 1 atom stereocenters. The average Bonchev–Trinajstić information content (AvgIpc) is 2.86. The van der Waals surface area contributed by atoms with Crippen molar-refractivity contribution < 1.29 is 23.1 Å². The van der Waals surface area contributed by atoms with Gasteiger partial charge in [-0.15, -0.1) is 0 Å². The predicted octanol–water partition coefficient (Wildman–Crippen LogP) is 4.43. The molecule has 3 aliphatic carbocycles. The highest BCUT2D eigenvalue weighted by molar-refractivity contribution is 5.98. The molecule has 5 nitrogen and oxygen atoms in total. The average molecular weight is 462 g/mol. The lowest BCUT2D eigenvalue weighted by atomic mass is 9.59. The zero-order valence-corrected chi connectivity index (χ0v) is 18.3. The highest BCUT2D eigenvalue weighted by Gasteiger charge is 2.42. The van der Waals surface area contributed by atoms with Crippen LogP contribution in [0.2, 0.25) is 0 Å². The van der Waals surface area contributed by atoms with Gasteiger partial charge in [0.25, 0.3) is 5.91 Å². The van der Waals surface area contributed by atoms with Gasteiger partial charge in [-0.3, -0.25) is 9.59 Å². The van der Waals surface area contributed by atoms with E-state index in [9.17, 15) is 18.4 Å². The summed E-state index contributed by atoms with van der Waals surface area (Å²) in [6.07, 6.45) is 0.948. The van der Waals surface area contributed by atoms with Crippen LogP contribution in [0, 0.1) is 5.92 Å². The number of ether oxygens (including phenoxy) is 1. The van der Waals surface area contributed by atoms with Crippen LogP contribution in [-0.2, 0) is 4.79 Å². The van der Waals surface area contributed by atoms with Crippen LogP contribution in [0.15, 0.2) is 72.8 Å². The van der Waals surface area contributed by atoms with Crippen LogP contribution in [-0.4, -0.2) is 31.5 Å². The number of alkyl halides is 2. The van der Waals surface area contributed by atoms with Crippen LogP contribution in [0.1, 0.15) is 50.9 Å². The molecule has 0 aromatic heterocycles. The van der Waals surface area contributed by atoms with Gasteiger partial charge in [0.15, 0.2) is 0 Å². The molecule has 0 saturated carbocycles. The quantitative estimate of drug-likeness (QED) is 0.546. The van der Waals surface area contributed by atoms with E-state index in [-0.39, 0.29) is 35.6 Å². The first-order chi connectivity index (χ1) is 16.5. The molecule has 34 heavy (non-hydrogen) atoms.